The van der Waals surface area contributed by atoms with Gasteiger partial charge in [0.25, 0.3) is 5.91 Å². The summed E-state index contributed by atoms with van der Waals surface area (Å²) in [6.45, 7) is -0.274. The van der Waals surface area contributed by atoms with Crippen LogP contribution in [0.3, 0.4) is 0 Å². The standard InChI is InChI=1S/C24H17NO4S/c1-2-12-25-21(26)13-29-22(27)14-30-20-11-10-16-15-6-3-4-7-17(15)24(28)19-9-5-8-18(20)23(16)19/h1,3-11H,12-14H2,(H,25,26). The molecule has 0 aliphatic heterocycles. The molecule has 0 aromatic heterocycles. The van der Waals surface area contributed by atoms with E-state index in [0.717, 1.165) is 26.8 Å². The first-order valence-corrected chi connectivity index (χ1v) is 10.3. The Morgan fingerprint density at radius 3 is 2.53 bits per heavy atom. The lowest BCUT2D eigenvalue weighted by Crippen LogP contribution is -2.29. The van der Waals surface area contributed by atoms with Crippen LogP contribution in [0.4, 0.5) is 0 Å². The van der Waals surface area contributed by atoms with Gasteiger partial charge < -0.3 is 10.1 Å². The summed E-state index contributed by atoms with van der Waals surface area (Å²) in [7, 11) is 0. The Morgan fingerprint density at radius 2 is 1.73 bits per heavy atom. The van der Waals surface area contributed by atoms with Crippen molar-refractivity contribution < 1.29 is 19.1 Å². The van der Waals surface area contributed by atoms with Gasteiger partial charge in [-0.05, 0) is 22.6 Å². The summed E-state index contributed by atoms with van der Waals surface area (Å²) in [6.07, 6.45) is 5.06. The van der Waals surface area contributed by atoms with Crippen molar-refractivity contribution in [3.05, 3.63) is 65.7 Å². The van der Waals surface area contributed by atoms with Crippen LogP contribution in [0.2, 0.25) is 0 Å². The summed E-state index contributed by atoms with van der Waals surface area (Å²) in [5, 5.41) is 4.24. The summed E-state index contributed by atoms with van der Waals surface area (Å²) in [5.74, 6) is 1.39. The van der Waals surface area contributed by atoms with Gasteiger partial charge in [-0.15, -0.1) is 18.2 Å². The van der Waals surface area contributed by atoms with Gasteiger partial charge in [-0.1, -0.05) is 54.5 Å². The lowest BCUT2D eigenvalue weighted by molar-refractivity contribution is -0.145. The van der Waals surface area contributed by atoms with Crippen molar-refractivity contribution >= 4 is 40.2 Å². The molecule has 1 N–H and O–H groups in total. The maximum atomic E-state index is 13.0. The maximum Gasteiger partial charge on any atom is 0.316 e. The molecule has 1 aliphatic rings. The van der Waals surface area contributed by atoms with Crippen LogP contribution in [-0.2, 0) is 14.3 Å². The van der Waals surface area contributed by atoms with Crippen molar-refractivity contribution in [2.24, 2.45) is 0 Å². The van der Waals surface area contributed by atoms with E-state index in [4.69, 9.17) is 11.2 Å². The van der Waals surface area contributed by atoms with Crippen molar-refractivity contribution in [3.8, 4) is 23.5 Å². The topological polar surface area (TPSA) is 72.5 Å². The molecule has 148 valence electrons. The minimum absolute atomic E-state index is 0.00300. The number of carbonyl (C=O) groups is 3. The van der Waals surface area contributed by atoms with Gasteiger partial charge in [-0.2, -0.15) is 0 Å². The number of benzene rings is 3. The predicted octanol–water partition coefficient (Wildman–Crippen LogP) is 3.44. The van der Waals surface area contributed by atoms with E-state index >= 15 is 0 Å². The number of thioether (sulfide) groups is 1. The number of esters is 1. The Morgan fingerprint density at radius 1 is 0.967 bits per heavy atom. The van der Waals surface area contributed by atoms with Gasteiger partial charge in [-0.3, -0.25) is 14.4 Å². The molecule has 4 rings (SSSR count). The number of hydrogen-bond acceptors (Lipinski definition) is 5. The lowest BCUT2D eigenvalue weighted by Gasteiger charge is -2.21. The summed E-state index contributed by atoms with van der Waals surface area (Å²) in [6, 6.07) is 17.2. The highest BCUT2D eigenvalue weighted by atomic mass is 32.2. The van der Waals surface area contributed by atoms with Gasteiger partial charge in [0.2, 0.25) is 0 Å². The first-order valence-electron chi connectivity index (χ1n) is 9.28. The van der Waals surface area contributed by atoms with Crippen LogP contribution in [0, 0.1) is 12.3 Å². The minimum atomic E-state index is -0.502. The third-order valence-corrected chi connectivity index (χ3v) is 5.85. The summed E-state index contributed by atoms with van der Waals surface area (Å²) in [5.41, 5.74) is 3.29. The average Bonchev–Trinajstić information content (AvgIpc) is 2.78. The Labute approximate surface area is 177 Å². The Bertz CT molecular complexity index is 1230. The molecule has 0 unspecified atom stereocenters. The predicted molar refractivity (Wildman–Crippen MR) is 116 cm³/mol. The van der Waals surface area contributed by atoms with Gasteiger partial charge >= 0.3 is 5.97 Å². The largest absolute Gasteiger partial charge is 0.455 e. The molecule has 6 heteroatoms. The smallest absolute Gasteiger partial charge is 0.316 e. The molecule has 0 atom stereocenters. The van der Waals surface area contributed by atoms with Gasteiger partial charge in [0, 0.05) is 21.4 Å². The number of nitrogens with one attached hydrogen (secondary N) is 1. The van der Waals surface area contributed by atoms with E-state index in [9.17, 15) is 14.4 Å². The number of ketones is 1. The number of amides is 1. The highest BCUT2D eigenvalue weighted by molar-refractivity contribution is 8.00. The minimum Gasteiger partial charge on any atom is -0.455 e. The SMILES string of the molecule is C#CCNC(=O)COC(=O)CSc1ccc2c3c(cccc13)C(=O)c1ccccc1-2. The molecule has 0 bridgehead atoms. The van der Waals surface area contributed by atoms with Crippen LogP contribution >= 0.6 is 11.8 Å². The normalized spacial score (nSPS) is 11.5. The van der Waals surface area contributed by atoms with E-state index in [-0.39, 0.29) is 24.7 Å². The lowest BCUT2D eigenvalue weighted by atomic mass is 9.83. The van der Waals surface area contributed by atoms with Gasteiger partial charge in [0.1, 0.15) is 0 Å². The molecule has 0 spiro atoms. The molecule has 0 radical (unpaired) electrons. The van der Waals surface area contributed by atoms with Crippen molar-refractivity contribution in [2.45, 2.75) is 4.90 Å². The first-order chi connectivity index (χ1) is 14.6. The van der Waals surface area contributed by atoms with Crippen molar-refractivity contribution in [1.29, 1.82) is 0 Å². The Hall–Kier alpha value is -3.56. The summed E-state index contributed by atoms with van der Waals surface area (Å²) < 4.78 is 4.98. The van der Waals surface area contributed by atoms with E-state index < -0.39 is 11.9 Å². The van der Waals surface area contributed by atoms with E-state index in [1.54, 1.807) is 0 Å². The molecule has 3 aromatic carbocycles. The van der Waals surface area contributed by atoms with Crippen LogP contribution < -0.4 is 5.32 Å². The number of fused-ring (bicyclic) bond motifs is 2. The van der Waals surface area contributed by atoms with E-state index in [2.05, 4.69) is 11.2 Å². The quantitative estimate of drug-likeness (QED) is 0.297. The number of carbonyl (C=O) groups excluding carboxylic acids is 3. The number of hydrogen-bond donors (Lipinski definition) is 1. The molecule has 1 amide bonds. The van der Waals surface area contributed by atoms with Crippen molar-refractivity contribution in [1.82, 2.24) is 5.32 Å². The fraction of sp³-hybridized carbons (Fsp3) is 0.125. The van der Waals surface area contributed by atoms with Gasteiger partial charge in [0.15, 0.2) is 12.4 Å². The Kier molecular flexibility index (Phi) is 5.55. The second-order valence-electron chi connectivity index (χ2n) is 6.64. The van der Waals surface area contributed by atoms with Gasteiger partial charge in [0.05, 0.1) is 12.3 Å². The van der Waals surface area contributed by atoms with Crippen LogP contribution in [0.5, 0.6) is 0 Å². The molecular weight excluding hydrogens is 398 g/mol. The summed E-state index contributed by atoms with van der Waals surface area (Å²) in [4.78, 5) is 37.3. The molecule has 0 heterocycles. The molecule has 1 aliphatic carbocycles. The molecule has 3 aromatic rings. The highest BCUT2D eigenvalue weighted by Crippen LogP contribution is 2.42. The zero-order chi connectivity index (χ0) is 21.1. The maximum absolute atomic E-state index is 13.0. The van der Waals surface area contributed by atoms with Crippen LogP contribution in [-0.4, -0.2) is 36.6 Å². The molecule has 30 heavy (non-hydrogen) atoms. The van der Waals surface area contributed by atoms with Crippen molar-refractivity contribution in [2.75, 3.05) is 18.9 Å². The molecule has 0 saturated carbocycles. The monoisotopic (exact) mass is 415 g/mol. The molecule has 0 fully saturated rings. The third kappa shape index (κ3) is 3.68. The van der Waals surface area contributed by atoms with E-state index in [1.807, 2.05) is 54.6 Å². The fourth-order valence-electron chi connectivity index (χ4n) is 3.51. The second kappa shape index (κ2) is 8.44. The zero-order valence-corrected chi connectivity index (χ0v) is 16.8. The van der Waals surface area contributed by atoms with Crippen LogP contribution in [0.25, 0.3) is 21.9 Å². The first kappa shape index (κ1) is 19.7. The molecule has 0 saturated heterocycles. The number of terminal acetylenes is 1. The van der Waals surface area contributed by atoms with E-state index in [0.29, 0.717) is 11.1 Å². The number of ether oxygens (including phenoxy) is 1. The number of rotatable bonds is 6. The highest BCUT2D eigenvalue weighted by Gasteiger charge is 2.25. The fourth-order valence-corrected chi connectivity index (χ4v) is 4.35. The van der Waals surface area contributed by atoms with Crippen LogP contribution in [0.1, 0.15) is 15.9 Å². The van der Waals surface area contributed by atoms with Crippen LogP contribution in [0.15, 0.2) is 59.5 Å². The summed E-state index contributed by atoms with van der Waals surface area (Å²) >= 11 is 1.31. The van der Waals surface area contributed by atoms with E-state index in [1.165, 1.54) is 11.8 Å². The third-order valence-electron chi connectivity index (χ3n) is 4.80. The van der Waals surface area contributed by atoms with Gasteiger partial charge in [-0.25, -0.2) is 0 Å². The Balaban J connectivity index is 1.56. The van der Waals surface area contributed by atoms with Crippen molar-refractivity contribution in [3.63, 3.8) is 0 Å². The molecule has 5 nitrogen and oxygen atoms in total. The zero-order valence-electron chi connectivity index (χ0n) is 15.9. The average molecular weight is 415 g/mol. The second-order valence-corrected chi connectivity index (χ2v) is 7.66. The molecular formula is C24H17NO4S.